The quantitative estimate of drug-likeness (QED) is 0.457. The summed E-state index contributed by atoms with van der Waals surface area (Å²) in [5.41, 5.74) is 1.34. The van der Waals surface area contributed by atoms with Gasteiger partial charge in [0, 0.05) is 52.7 Å². The number of rotatable bonds is 7. The molecule has 0 spiro atoms. The van der Waals surface area contributed by atoms with Crippen molar-refractivity contribution in [3.63, 3.8) is 0 Å². The highest BCUT2D eigenvalue weighted by atomic mass is 16.2. The number of carbonyl (C=O) groups is 1. The summed E-state index contributed by atoms with van der Waals surface area (Å²) >= 11 is 0. The van der Waals surface area contributed by atoms with E-state index in [9.17, 15) is 4.79 Å². The minimum atomic E-state index is 0.160. The van der Waals surface area contributed by atoms with Crippen molar-refractivity contribution >= 4 is 11.9 Å². The molecule has 1 aliphatic rings. The Morgan fingerprint density at radius 3 is 2.42 bits per heavy atom. The first-order chi connectivity index (χ1) is 12.6. The van der Waals surface area contributed by atoms with Crippen molar-refractivity contribution in [3.05, 3.63) is 35.9 Å². The summed E-state index contributed by atoms with van der Waals surface area (Å²) < 4.78 is 0. The van der Waals surface area contributed by atoms with E-state index in [1.54, 1.807) is 6.92 Å². The van der Waals surface area contributed by atoms with Crippen molar-refractivity contribution in [1.82, 2.24) is 20.0 Å². The lowest BCUT2D eigenvalue weighted by atomic mass is 10.2. The van der Waals surface area contributed by atoms with Crippen LogP contribution in [-0.2, 0) is 11.3 Å². The first kappa shape index (κ1) is 20.2. The zero-order valence-corrected chi connectivity index (χ0v) is 16.4. The van der Waals surface area contributed by atoms with Gasteiger partial charge in [-0.1, -0.05) is 30.3 Å². The Morgan fingerprint density at radius 1 is 1.15 bits per heavy atom. The number of aliphatic imine (C=N–C) groups is 1. The molecule has 0 atom stereocenters. The van der Waals surface area contributed by atoms with Gasteiger partial charge in [-0.25, -0.2) is 0 Å². The Morgan fingerprint density at radius 2 is 1.81 bits per heavy atom. The Hall–Kier alpha value is -2.08. The van der Waals surface area contributed by atoms with E-state index in [0.717, 1.165) is 64.7 Å². The smallest absolute Gasteiger partial charge is 0.219 e. The van der Waals surface area contributed by atoms with Crippen LogP contribution in [0.1, 0.15) is 25.8 Å². The number of carbonyl (C=O) groups excluding carboxylic acids is 1. The molecule has 1 fully saturated rings. The van der Waals surface area contributed by atoms with Gasteiger partial charge in [0.25, 0.3) is 0 Å². The molecule has 144 valence electrons. The number of nitrogens with one attached hydrogen (secondary N) is 1. The van der Waals surface area contributed by atoms with E-state index < -0.39 is 0 Å². The topological polar surface area (TPSA) is 51.2 Å². The molecule has 1 heterocycles. The van der Waals surface area contributed by atoms with Crippen LogP contribution < -0.4 is 5.32 Å². The highest BCUT2D eigenvalue weighted by Crippen LogP contribution is 2.05. The van der Waals surface area contributed by atoms with Crippen molar-refractivity contribution < 1.29 is 4.79 Å². The number of nitrogens with zero attached hydrogens (tertiary/aromatic N) is 4. The molecule has 1 amide bonds. The van der Waals surface area contributed by atoms with Crippen molar-refractivity contribution in [1.29, 1.82) is 0 Å². The van der Waals surface area contributed by atoms with Crippen molar-refractivity contribution in [2.45, 2.75) is 26.8 Å². The number of piperazine rings is 1. The average Bonchev–Trinajstić information content (AvgIpc) is 2.65. The molecule has 26 heavy (non-hydrogen) atoms. The van der Waals surface area contributed by atoms with Crippen LogP contribution >= 0.6 is 0 Å². The fourth-order valence-corrected chi connectivity index (χ4v) is 3.16. The standard InChI is InChI=1S/C20H33N5O/c1-4-21-20(25-15-13-24(14-16-25)18(2)26)22-11-8-12-23(3)17-19-9-6-5-7-10-19/h5-7,9-10H,4,8,11-17H2,1-3H3,(H,21,22). The number of hydrogen-bond acceptors (Lipinski definition) is 3. The molecule has 2 rings (SSSR count). The second kappa shape index (κ2) is 10.8. The van der Waals surface area contributed by atoms with Crippen LogP contribution in [0.3, 0.4) is 0 Å². The molecule has 6 heteroatoms. The molecule has 0 aromatic heterocycles. The zero-order chi connectivity index (χ0) is 18.8. The van der Waals surface area contributed by atoms with Gasteiger partial charge in [0.15, 0.2) is 5.96 Å². The third-order valence-electron chi connectivity index (χ3n) is 4.61. The molecule has 1 aromatic carbocycles. The summed E-state index contributed by atoms with van der Waals surface area (Å²) in [5, 5.41) is 3.38. The molecule has 1 saturated heterocycles. The number of hydrogen-bond donors (Lipinski definition) is 1. The van der Waals surface area contributed by atoms with Crippen molar-refractivity contribution in [2.75, 3.05) is 52.9 Å². The maximum atomic E-state index is 11.5. The highest BCUT2D eigenvalue weighted by Gasteiger charge is 2.20. The predicted molar refractivity (Wildman–Crippen MR) is 107 cm³/mol. The summed E-state index contributed by atoms with van der Waals surface area (Å²) in [6, 6.07) is 10.6. The highest BCUT2D eigenvalue weighted by molar-refractivity contribution is 5.80. The van der Waals surface area contributed by atoms with Crippen LogP contribution in [-0.4, -0.2) is 79.4 Å². The first-order valence-corrected chi connectivity index (χ1v) is 9.61. The van der Waals surface area contributed by atoms with Crippen LogP contribution in [0.25, 0.3) is 0 Å². The summed E-state index contributed by atoms with van der Waals surface area (Å²) in [4.78, 5) is 22.7. The third-order valence-corrected chi connectivity index (χ3v) is 4.61. The van der Waals surface area contributed by atoms with Gasteiger partial charge in [0.2, 0.25) is 5.91 Å². The minimum absolute atomic E-state index is 0.160. The van der Waals surface area contributed by atoms with Gasteiger partial charge in [-0.3, -0.25) is 9.79 Å². The lowest BCUT2D eigenvalue weighted by Gasteiger charge is -2.36. The lowest BCUT2D eigenvalue weighted by molar-refractivity contribution is -0.130. The van der Waals surface area contributed by atoms with E-state index in [-0.39, 0.29) is 5.91 Å². The van der Waals surface area contributed by atoms with Gasteiger partial charge < -0.3 is 20.0 Å². The molecule has 1 aromatic rings. The van der Waals surface area contributed by atoms with Gasteiger partial charge >= 0.3 is 0 Å². The Bertz CT molecular complexity index is 567. The molecule has 1 aliphatic heterocycles. The fraction of sp³-hybridized carbons (Fsp3) is 0.600. The second-order valence-electron chi connectivity index (χ2n) is 6.81. The minimum Gasteiger partial charge on any atom is -0.357 e. The number of guanidine groups is 1. The third kappa shape index (κ3) is 6.67. The van der Waals surface area contributed by atoms with E-state index in [1.165, 1.54) is 5.56 Å². The van der Waals surface area contributed by atoms with Crippen molar-refractivity contribution in [3.8, 4) is 0 Å². The fourth-order valence-electron chi connectivity index (χ4n) is 3.16. The maximum Gasteiger partial charge on any atom is 0.219 e. The van der Waals surface area contributed by atoms with Gasteiger partial charge in [0.1, 0.15) is 0 Å². The normalized spacial score (nSPS) is 15.5. The van der Waals surface area contributed by atoms with E-state index in [1.807, 2.05) is 4.90 Å². The second-order valence-corrected chi connectivity index (χ2v) is 6.81. The van der Waals surface area contributed by atoms with E-state index in [0.29, 0.717) is 0 Å². The predicted octanol–water partition coefficient (Wildman–Crippen LogP) is 1.64. The molecule has 0 aliphatic carbocycles. The Kier molecular flexibility index (Phi) is 8.41. The zero-order valence-electron chi connectivity index (χ0n) is 16.4. The summed E-state index contributed by atoms with van der Waals surface area (Å²) in [5.74, 6) is 1.13. The van der Waals surface area contributed by atoms with Crippen LogP contribution in [0.4, 0.5) is 0 Å². The monoisotopic (exact) mass is 359 g/mol. The van der Waals surface area contributed by atoms with Gasteiger partial charge in [-0.2, -0.15) is 0 Å². The van der Waals surface area contributed by atoms with Crippen LogP contribution in [0.5, 0.6) is 0 Å². The molecular formula is C20H33N5O. The molecule has 0 saturated carbocycles. The van der Waals surface area contributed by atoms with Crippen LogP contribution in [0.2, 0.25) is 0 Å². The number of benzene rings is 1. The summed E-state index contributed by atoms with van der Waals surface area (Å²) in [7, 11) is 2.16. The SMILES string of the molecule is CCNC(=NCCCN(C)Cc1ccccc1)N1CCN(C(C)=O)CC1. The average molecular weight is 360 g/mol. The van der Waals surface area contributed by atoms with Crippen LogP contribution in [0, 0.1) is 0 Å². The van der Waals surface area contributed by atoms with Crippen LogP contribution in [0.15, 0.2) is 35.3 Å². The molecule has 0 radical (unpaired) electrons. The largest absolute Gasteiger partial charge is 0.357 e. The summed E-state index contributed by atoms with van der Waals surface area (Å²) in [6.07, 6.45) is 1.03. The molecule has 6 nitrogen and oxygen atoms in total. The number of amides is 1. The Balaban J connectivity index is 1.75. The molecule has 0 bridgehead atoms. The van der Waals surface area contributed by atoms with Gasteiger partial charge in [0.05, 0.1) is 0 Å². The van der Waals surface area contributed by atoms with E-state index >= 15 is 0 Å². The van der Waals surface area contributed by atoms with E-state index in [4.69, 9.17) is 4.99 Å². The Labute approximate surface area is 157 Å². The maximum absolute atomic E-state index is 11.5. The van der Waals surface area contributed by atoms with Gasteiger partial charge in [-0.05, 0) is 32.5 Å². The molecule has 0 unspecified atom stereocenters. The van der Waals surface area contributed by atoms with Crippen molar-refractivity contribution in [2.24, 2.45) is 4.99 Å². The van der Waals surface area contributed by atoms with Gasteiger partial charge in [-0.15, -0.1) is 0 Å². The molecular weight excluding hydrogens is 326 g/mol. The van der Waals surface area contributed by atoms with E-state index in [2.05, 4.69) is 59.4 Å². The lowest BCUT2D eigenvalue weighted by Crippen LogP contribution is -2.53. The molecule has 1 N–H and O–H groups in total. The summed E-state index contributed by atoms with van der Waals surface area (Å²) in [6.45, 7) is 10.6. The first-order valence-electron chi connectivity index (χ1n) is 9.61.